The first-order valence-corrected chi connectivity index (χ1v) is 9.87. The van der Waals surface area contributed by atoms with Crippen molar-refractivity contribution in [3.8, 4) is 5.75 Å². The van der Waals surface area contributed by atoms with Crippen LogP contribution in [0.25, 0.3) is 0 Å². The monoisotopic (exact) mass is 423 g/mol. The number of phenolic OH excluding ortho intramolecular Hbond substituents is 1. The highest BCUT2D eigenvalue weighted by Gasteiger charge is 2.38. The molecule has 148 valence electrons. The fraction of sp³-hybridized carbons (Fsp3) is 0.421. The largest absolute Gasteiger partial charge is 0.508 e. The van der Waals surface area contributed by atoms with Crippen LogP contribution in [0.1, 0.15) is 29.7 Å². The van der Waals surface area contributed by atoms with E-state index >= 15 is 0 Å². The molecule has 2 aliphatic rings. The van der Waals surface area contributed by atoms with E-state index in [1.807, 2.05) is 4.90 Å². The molecule has 1 aromatic heterocycles. The minimum absolute atomic E-state index is 0.00181. The first kappa shape index (κ1) is 19.1. The Kier molecular flexibility index (Phi) is 4.97. The average Bonchev–Trinajstić information content (AvgIpc) is 3.21. The number of benzene rings is 1. The summed E-state index contributed by atoms with van der Waals surface area (Å²) in [4.78, 5) is 26.1. The Balaban J connectivity index is 1.47. The molecule has 4 rings (SSSR count). The molecule has 2 atom stereocenters. The summed E-state index contributed by atoms with van der Waals surface area (Å²) in [5.41, 5.74) is 2.28. The van der Waals surface area contributed by atoms with Gasteiger partial charge in [0, 0.05) is 28.5 Å². The van der Waals surface area contributed by atoms with Crippen LogP contribution in [0.2, 0.25) is 10.0 Å². The van der Waals surface area contributed by atoms with Crippen molar-refractivity contribution in [1.82, 2.24) is 14.7 Å². The Bertz CT molecular complexity index is 936. The van der Waals surface area contributed by atoms with E-state index < -0.39 is 6.09 Å². The van der Waals surface area contributed by atoms with E-state index in [1.165, 1.54) is 12.1 Å². The number of nitrogens with zero attached hydrogens (tertiary/aromatic N) is 3. The predicted octanol–water partition coefficient (Wildman–Crippen LogP) is 3.37. The average molecular weight is 424 g/mol. The van der Waals surface area contributed by atoms with Gasteiger partial charge in [-0.15, -0.1) is 0 Å². The predicted molar refractivity (Wildman–Crippen MR) is 103 cm³/mol. The summed E-state index contributed by atoms with van der Waals surface area (Å²) in [6.45, 7) is 0.657. The van der Waals surface area contributed by atoms with Gasteiger partial charge in [-0.25, -0.2) is 4.79 Å². The van der Waals surface area contributed by atoms with Crippen LogP contribution in [-0.4, -0.2) is 49.5 Å². The summed E-state index contributed by atoms with van der Waals surface area (Å²) < 4.78 is 1.02. The van der Waals surface area contributed by atoms with E-state index in [2.05, 4.69) is 5.10 Å². The lowest BCUT2D eigenvalue weighted by molar-refractivity contribution is -0.133. The quantitative estimate of drug-likeness (QED) is 0.788. The second kappa shape index (κ2) is 7.29. The third kappa shape index (κ3) is 3.33. The number of hydrogen-bond acceptors (Lipinski definition) is 4. The van der Waals surface area contributed by atoms with E-state index in [9.17, 15) is 19.8 Å². The molecular formula is C19H19Cl2N3O4. The van der Waals surface area contributed by atoms with Crippen molar-refractivity contribution in [2.45, 2.75) is 38.1 Å². The number of aromatic hydroxyl groups is 1. The Hall–Kier alpha value is -2.25. The molecule has 0 spiro atoms. The zero-order chi connectivity index (χ0) is 20.0. The highest BCUT2D eigenvalue weighted by molar-refractivity contribution is 6.36. The van der Waals surface area contributed by atoms with Crippen molar-refractivity contribution < 1.29 is 19.8 Å². The molecule has 7 nitrogen and oxygen atoms in total. The van der Waals surface area contributed by atoms with E-state index in [1.54, 1.807) is 6.20 Å². The van der Waals surface area contributed by atoms with Crippen molar-refractivity contribution in [2.24, 2.45) is 5.92 Å². The summed E-state index contributed by atoms with van der Waals surface area (Å²) in [6.07, 6.45) is 3.55. The minimum atomic E-state index is -1.08. The van der Waals surface area contributed by atoms with Crippen LogP contribution >= 0.6 is 23.2 Å². The summed E-state index contributed by atoms with van der Waals surface area (Å²) in [7, 11) is 0. The van der Waals surface area contributed by atoms with Crippen LogP contribution < -0.4 is 0 Å². The molecule has 9 heteroatoms. The zero-order valence-electron chi connectivity index (χ0n) is 14.9. The van der Waals surface area contributed by atoms with Crippen LogP contribution in [0.15, 0.2) is 18.3 Å². The topological polar surface area (TPSA) is 95.7 Å². The normalized spacial score (nSPS) is 21.8. The molecule has 28 heavy (non-hydrogen) atoms. The van der Waals surface area contributed by atoms with Gasteiger partial charge in [-0.3, -0.25) is 4.79 Å². The number of aromatic nitrogens is 2. The second-order valence-corrected chi connectivity index (χ2v) is 8.13. The number of amides is 1. The SMILES string of the molecule is O=C1[C@H](Cc2c(Cl)cc(O)cc2Cl)CCN1[C@H]1CCc2c(cnn2C(=O)O)C1. The first-order valence-electron chi connectivity index (χ1n) is 9.11. The van der Waals surface area contributed by atoms with Crippen molar-refractivity contribution in [3.05, 3.63) is 45.2 Å². The zero-order valence-corrected chi connectivity index (χ0v) is 16.4. The lowest BCUT2D eigenvalue weighted by atomic mass is 9.92. The molecule has 0 saturated carbocycles. The minimum Gasteiger partial charge on any atom is -0.508 e. The van der Waals surface area contributed by atoms with Gasteiger partial charge in [0.05, 0.1) is 11.9 Å². The van der Waals surface area contributed by atoms with Gasteiger partial charge >= 0.3 is 6.09 Å². The molecule has 2 N–H and O–H groups in total. The van der Waals surface area contributed by atoms with Crippen LogP contribution in [0.3, 0.4) is 0 Å². The molecule has 1 saturated heterocycles. The van der Waals surface area contributed by atoms with E-state index in [4.69, 9.17) is 23.2 Å². The molecule has 2 aromatic rings. The van der Waals surface area contributed by atoms with Gasteiger partial charge in [-0.1, -0.05) is 23.2 Å². The number of halogens is 2. The molecule has 2 heterocycles. The Labute approximate surface area is 171 Å². The fourth-order valence-corrected chi connectivity index (χ4v) is 4.91. The lowest BCUT2D eigenvalue weighted by Gasteiger charge is -2.31. The number of fused-ring (bicyclic) bond motifs is 1. The van der Waals surface area contributed by atoms with Crippen LogP contribution in [0, 0.1) is 5.92 Å². The fourth-order valence-electron chi connectivity index (χ4n) is 4.28. The maximum absolute atomic E-state index is 13.0. The highest BCUT2D eigenvalue weighted by Crippen LogP contribution is 2.35. The molecule has 1 amide bonds. The smallest absolute Gasteiger partial charge is 0.432 e. The number of carbonyl (C=O) groups is 2. The molecule has 0 unspecified atom stereocenters. The van der Waals surface area contributed by atoms with E-state index in [0.29, 0.717) is 54.3 Å². The maximum Gasteiger partial charge on any atom is 0.432 e. The standard InChI is InChI=1S/C19H19Cl2N3O4/c20-15-7-13(25)8-16(21)14(15)6-10-3-4-23(18(10)26)12-1-2-17-11(5-12)9-22-24(17)19(27)28/h7-10,12,25H,1-6H2,(H,27,28)/t10-,12-/m0/s1. The molecule has 0 radical (unpaired) electrons. The van der Waals surface area contributed by atoms with Crippen molar-refractivity contribution in [3.63, 3.8) is 0 Å². The number of rotatable bonds is 3. The number of carbonyl (C=O) groups excluding carboxylic acids is 1. The van der Waals surface area contributed by atoms with Gasteiger partial charge in [0.1, 0.15) is 5.75 Å². The molecule has 0 bridgehead atoms. The molecule has 1 aromatic carbocycles. The van der Waals surface area contributed by atoms with Crippen LogP contribution in [0.5, 0.6) is 5.75 Å². The van der Waals surface area contributed by atoms with Crippen molar-refractivity contribution in [1.29, 1.82) is 0 Å². The van der Waals surface area contributed by atoms with Gasteiger partial charge in [0.2, 0.25) is 5.91 Å². The summed E-state index contributed by atoms with van der Waals surface area (Å²) in [5.74, 6) is -0.139. The third-order valence-corrected chi connectivity index (χ3v) is 6.35. The number of carboxylic acid groups (broad SMARTS) is 1. The lowest BCUT2D eigenvalue weighted by Crippen LogP contribution is -2.41. The summed E-state index contributed by atoms with van der Waals surface area (Å²) in [5, 5.41) is 23.4. The highest BCUT2D eigenvalue weighted by atomic mass is 35.5. The molecule has 1 aliphatic heterocycles. The second-order valence-electron chi connectivity index (χ2n) is 7.32. The van der Waals surface area contributed by atoms with Crippen molar-refractivity contribution in [2.75, 3.05) is 6.54 Å². The van der Waals surface area contributed by atoms with Gasteiger partial charge < -0.3 is 15.1 Å². The third-order valence-electron chi connectivity index (χ3n) is 5.67. The van der Waals surface area contributed by atoms with Gasteiger partial charge in [-0.05, 0) is 55.4 Å². The van der Waals surface area contributed by atoms with Gasteiger partial charge in [0.25, 0.3) is 0 Å². The van der Waals surface area contributed by atoms with Crippen LogP contribution in [-0.2, 0) is 24.1 Å². The van der Waals surface area contributed by atoms with Gasteiger partial charge in [-0.2, -0.15) is 9.78 Å². The van der Waals surface area contributed by atoms with Crippen molar-refractivity contribution >= 4 is 35.2 Å². The van der Waals surface area contributed by atoms with Gasteiger partial charge in [0.15, 0.2) is 0 Å². The summed E-state index contributed by atoms with van der Waals surface area (Å²) >= 11 is 12.4. The van der Waals surface area contributed by atoms with E-state index in [0.717, 1.165) is 15.9 Å². The molecular weight excluding hydrogens is 405 g/mol. The Morgan fingerprint density at radius 2 is 1.96 bits per heavy atom. The Morgan fingerprint density at radius 1 is 1.25 bits per heavy atom. The Morgan fingerprint density at radius 3 is 2.64 bits per heavy atom. The van der Waals surface area contributed by atoms with Crippen LogP contribution in [0.4, 0.5) is 4.79 Å². The first-order chi connectivity index (χ1) is 13.3. The number of likely N-dealkylation sites (tertiary alicyclic amines) is 1. The summed E-state index contributed by atoms with van der Waals surface area (Å²) in [6, 6.07) is 2.91. The number of phenols is 1. The molecule has 1 fully saturated rings. The number of hydrogen-bond donors (Lipinski definition) is 2. The molecule has 1 aliphatic carbocycles. The maximum atomic E-state index is 13.0. The van der Waals surface area contributed by atoms with E-state index in [-0.39, 0.29) is 23.6 Å².